The number of carbonyl (C=O) groups excluding carboxylic acids is 1. The largest absolute Gasteiger partial charge is 0.310 e. The van der Waals surface area contributed by atoms with E-state index in [0.29, 0.717) is 16.6 Å². The Morgan fingerprint density at radius 3 is 2.71 bits per heavy atom. The molecule has 0 bridgehead atoms. The van der Waals surface area contributed by atoms with Crippen LogP contribution in [0.15, 0.2) is 58.3 Å². The number of carbonyl (C=O) groups is 1. The lowest BCUT2D eigenvalue weighted by Crippen LogP contribution is -2.26. The molecule has 142 valence electrons. The summed E-state index contributed by atoms with van der Waals surface area (Å²) >= 11 is 0. The van der Waals surface area contributed by atoms with Crippen molar-refractivity contribution < 1.29 is 9.18 Å². The van der Waals surface area contributed by atoms with Gasteiger partial charge in [0.25, 0.3) is 11.1 Å². The third-order valence-electron chi connectivity index (χ3n) is 4.49. The normalized spacial score (nSPS) is 11.2. The fourth-order valence-electron chi connectivity index (χ4n) is 3.14. The minimum absolute atomic E-state index is 0.0209. The fourth-order valence-corrected chi connectivity index (χ4v) is 3.14. The van der Waals surface area contributed by atoms with Gasteiger partial charge in [-0.1, -0.05) is 0 Å². The predicted molar refractivity (Wildman–Crippen MR) is 102 cm³/mol. The molecule has 0 unspecified atom stereocenters. The molecular weight excluding hydrogens is 365 g/mol. The number of benzene rings is 1. The highest BCUT2D eigenvalue weighted by Crippen LogP contribution is 2.17. The smallest absolute Gasteiger partial charge is 0.275 e. The third kappa shape index (κ3) is 3.07. The summed E-state index contributed by atoms with van der Waals surface area (Å²) in [6, 6.07) is 10.3. The quantitative estimate of drug-likeness (QED) is 0.580. The molecule has 1 aromatic carbocycles. The van der Waals surface area contributed by atoms with Crippen molar-refractivity contribution in [3.8, 4) is 0 Å². The monoisotopic (exact) mass is 381 g/mol. The summed E-state index contributed by atoms with van der Waals surface area (Å²) in [4.78, 5) is 36.4. The number of hydrogen-bond donors (Lipinski definition) is 1. The molecule has 8 nitrogen and oxygen atoms in total. The molecule has 1 N–H and O–H groups in total. The lowest BCUT2D eigenvalue weighted by Gasteiger charge is -2.13. The predicted octanol–water partition coefficient (Wildman–Crippen LogP) is 1.52. The van der Waals surface area contributed by atoms with E-state index in [1.54, 1.807) is 28.8 Å². The van der Waals surface area contributed by atoms with E-state index in [1.165, 1.54) is 35.9 Å². The molecule has 3 aromatic heterocycles. The van der Waals surface area contributed by atoms with Crippen LogP contribution >= 0.6 is 0 Å². The van der Waals surface area contributed by atoms with Crippen molar-refractivity contribution in [2.75, 3.05) is 5.32 Å². The van der Waals surface area contributed by atoms with Crippen molar-refractivity contribution in [2.24, 2.45) is 7.05 Å². The molecule has 0 fully saturated rings. The van der Waals surface area contributed by atoms with Crippen LogP contribution in [0.3, 0.4) is 0 Å². The Kier molecular flexibility index (Phi) is 4.26. The zero-order valence-electron chi connectivity index (χ0n) is 14.9. The van der Waals surface area contributed by atoms with E-state index in [1.807, 2.05) is 0 Å². The number of anilines is 1. The average Bonchev–Trinajstić information content (AvgIpc) is 3.15. The Hall–Kier alpha value is -3.75. The zero-order chi connectivity index (χ0) is 19.8. The maximum Gasteiger partial charge on any atom is 0.275 e. The maximum atomic E-state index is 13.8. The molecule has 0 spiro atoms. The molecule has 0 aliphatic heterocycles. The molecule has 0 saturated carbocycles. The van der Waals surface area contributed by atoms with Crippen molar-refractivity contribution in [3.05, 3.63) is 75.2 Å². The number of rotatable bonds is 4. The summed E-state index contributed by atoms with van der Waals surface area (Å²) < 4.78 is 18.0. The van der Waals surface area contributed by atoms with Crippen LogP contribution in [0.1, 0.15) is 6.42 Å². The van der Waals surface area contributed by atoms with Gasteiger partial charge in [0.15, 0.2) is 5.82 Å². The van der Waals surface area contributed by atoms with Crippen molar-refractivity contribution >= 4 is 28.3 Å². The number of halogens is 1. The third-order valence-corrected chi connectivity index (χ3v) is 4.49. The van der Waals surface area contributed by atoms with Gasteiger partial charge in [0, 0.05) is 32.3 Å². The minimum Gasteiger partial charge on any atom is -0.310 e. The molecule has 0 aliphatic rings. The van der Waals surface area contributed by atoms with Crippen LogP contribution in [0, 0.1) is 5.82 Å². The van der Waals surface area contributed by atoms with Gasteiger partial charge in [-0.05, 0) is 36.4 Å². The lowest BCUT2D eigenvalue weighted by molar-refractivity contribution is -0.116. The first-order valence-corrected chi connectivity index (χ1v) is 8.57. The number of nitrogens with one attached hydrogen (secondary N) is 1. The van der Waals surface area contributed by atoms with Crippen molar-refractivity contribution in [3.63, 3.8) is 0 Å². The van der Waals surface area contributed by atoms with Crippen LogP contribution in [0.4, 0.5) is 10.2 Å². The molecule has 0 atom stereocenters. The SMILES string of the molecule is Cn1nc(NC(=O)CCn2c(=O)c3cccn3c3ccc(F)cc32)ccc1=O. The van der Waals surface area contributed by atoms with Crippen LogP contribution in [-0.2, 0) is 18.4 Å². The highest BCUT2D eigenvalue weighted by atomic mass is 19.1. The van der Waals surface area contributed by atoms with Gasteiger partial charge in [0.2, 0.25) is 5.91 Å². The van der Waals surface area contributed by atoms with Crippen LogP contribution in [-0.4, -0.2) is 24.7 Å². The van der Waals surface area contributed by atoms with Gasteiger partial charge in [-0.2, -0.15) is 5.10 Å². The first kappa shape index (κ1) is 17.7. The average molecular weight is 381 g/mol. The number of amides is 1. The summed E-state index contributed by atoms with van der Waals surface area (Å²) in [6.45, 7) is 0.0675. The molecule has 0 aliphatic carbocycles. The first-order valence-electron chi connectivity index (χ1n) is 8.57. The second kappa shape index (κ2) is 6.76. The summed E-state index contributed by atoms with van der Waals surface area (Å²) in [5.41, 5.74) is 0.914. The summed E-state index contributed by atoms with van der Waals surface area (Å²) in [6.07, 6.45) is 1.71. The highest BCUT2D eigenvalue weighted by molar-refractivity contribution is 5.89. The molecular formula is C19H16FN5O3. The molecule has 1 amide bonds. The maximum absolute atomic E-state index is 13.8. The van der Waals surface area contributed by atoms with E-state index >= 15 is 0 Å². The van der Waals surface area contributed by atoms with Gasteiger partial charge in [0.05, 0.1) is 11.0 Å². The number of aromatic nitrogens is 4. The first-order chi connectivity index (χ1) is 13.4. The van der Waals surface area contributed by atoms with Crippen molar-refractivity contribution in [1.29, 1.82) is 0 Å². The number of aryl methyl sites for hydroxylation is 2. The van der Waals surface area contributed by atoms with E-state index < -0.39 is 5.82 Å². The topological polar surface area (TPSA) is 90.4 Å². The van der Waals surface area contributed by atoms with E-state index in [9.17, 15) is 18.8 Å². The molecule has 0 radical (unpaired) electrons. The Balaban J connectivity index is 1.65. The van der Waals surface area contributed by atoms with E-state index in [0.717, 1.165) is 4.68 Å². The van der Waals surface area contributed by atoms with Gasteiger partial charge in [-0.3, -0.25) is 14.4 Å². The molecule has 4 aromatic rings. The van der Waals surface area contributed by atoms with Crippen molar-refractivity contribution in [2.45, 2.75) is 13.0 Å². The van der Waals surface area contributed by atoms with E-state index in [-0.39, 0.29) is 35.8 Å². The van der Waals surface area contributed by atoms with Gasteiger partial charge in [-0.25, -0.2) is 9.07 Å². The van der Waals surface area contributed by atoms with E-state index in [4.69, 9.17) is 0 Å². The Morgan fingerprint density at radius 2 is 1.93 bits per heavy atom. The van der Waals surface area contributed by atoms with Gasteiger partial charge in [-0.15, -0.1) is 0 Å². The molecule has 0 saturated heterocycles. The van der Waals surface area contributed by atoms with Gasteiger partial charge in [0.1, 0.15) is 11.3 Å². The van der Waals surface area contributed by atoms with Crippen LogP contribution in [0.25, 0.3) is 16.6 Å². The second-order valence-corrected chi connectivity index (χ2v) is 6.33. The highest BCUT2D eigenvalue weighted by Gasteiger charge is 2.13. The number of fused-ring (bicyclic) bond motifs is 3. The van der Waals surface area contributed by atoms with E-state index in [2.05, 4.69) is 10.4 Å². The van der Waals surface area contributed by atoms with Crippen LogP contribution < -0.4 is 16.4 Å². The summed E-state index contributed by atoms with van der Waals surface area (Å²) in [7, 11) is 1.48. The van der Waals surface area contributed by atoms with Gasteiger partial charge >= 0.3 is 0 Å². The Bertz CT molecular complexity index is 1340. The van der Waals surface area contributed by atoms with Crippen LogP contribution in [0.2, 0.25) is 0 Å². The van der Waals surface area contributed by atoms with Crippen LogP contribution in [0.5, 0.6) is 0 Å². The summed E-state index contributed by atoms with van der Waals surface area (Å²) in [5.74, 6) is -0.610. The number of hydrogen-bond acceptors (Lipinski definition) is 4. The zero-order valence-corrected chi connectivity index (χ0v) is 14.9. The minimum atomic E-state index is -0.467. The molecule has 4 rings (SSSR count). The standard InChI is InChI=1S/C19H16FN5O3/c1-23-18(27)7-6-16(22-23)21-17(26)8-10-25-15-11-12(20)4-5-13(15)24-9-2-3-14(24)19(25)28/h2-7,9,11H,8,10H2,1H3,(H,21,22,26). The second-order valence-electron chi connectivity index (χ2n) is 6.33. The van der Waals surface area contributed by atoms with Crippen molar-refractivity contribution in [1.82, 2.24) is 18.7 Å². The molecule has 3 heterocycles. The van der Waals surface area contributed by atoms with Gasteiger partial charge < -0.3 is 14.3 Å². The molecule has 9 heteroatoms. The Morgan fingerprint density at radius 1 is 1.11 bits per heavy atom. The number of nitrogens with zero attached hydrogens (tertiary/aromatic N) is 4. The lowest BCUT2D eigenvalue weighted by atomic mass is 10.2. The molecule has 28 heavy (non-hydrogen) atoms. The summed E-state index contributed by atoms with van der Waals surface area (Å²) in [5, 5.41) is 6.52. The fraction of sp³-hybridized carbons (Fsp3) is 0.158. The Labute approximate surface area is 157 Å².